The third kappa shape index (κ3) is 4.79. The summed E-state index contributed by atoms with van der Waals surface area (Å²) in [7, 11) is -2.17. The Kier molecular flexibility index (Phi) is 7.15. The van der Waals surface area contributed by atoms with Crippen LogP contribution in [0.25, 0.3) is 22.3 Å². The Morgan fingerprint density at radius 3 is 2.42 bits per heavy atom. The normalized spacial score (nSPS) is 11.8. The molecule has 0 bridgehead atoms. The fraction of sp³-hybridized carbons (Fsp3) is 0.154. The van der Waals surface area contributed by atoms with Gasteiger partial charge < -0.3 is 4.74 Å². The van der Waals surface area contributed by atoms with Crippen LogP contribution in [0.15, 0.2) is 95.1 Å². The Bertz CT molecular complexity index is 1600. The molecule has 0 saturated carbocycles. The molecular formula is C26H23ClN4O3S2. The lowest BCUT2D eigenvalue weighted by Gasteiger charge is -2.09. The van der Waals surface area contributed by atoms with Crippen LogP contribution in [-0.4, -0.2) is 40.9 Å². The van der Waals surface area contributed by atoms with Crippen LogP contribution in [-0.2, 0) is 27.1 Å². The van der Waals surface area contributed by atoms with Crippen LogP contribution in [0.1, 0.15) is 5.56 Å². The lowest BCUT2D eigenvalue weighted by Crippen LogP contribution is -2.11. The second kappa shape index (κ2) is 10.5. The second-order valence-electron chi connectivity index (χ2n) is 8.04. The fourth-order valence-electron chi connectivity index (χ4n) is 3.94. The predicted molar refractivity (Wildman–Crippen MR) is 143 cm³/mol. The van der Waals surface area contributed by atoms with Gasteiger partial charge in [-0.05, 0) is 35.9 Å². The number of nitrogens with zero attached hydrogens (tertiary/aromatic N) is 4. The molecule has 0 unspecified atom stereocenters. The number of halogens is 1. The van der Waals surface area contributed by atoms with Gasteiger partial charge in [0.15, 0.2) is 11.0 Å². The van der Waals surface area contributed by atoms with Crippen LogP contribution in [0, 0.1) is 0 Å². The van der Waals surface area contributed by atoms with E-state index in [2.05, 4.69) is 10.2 Å². The Labute approximate surface area is 218 Å². The second-order valence-corrected chi connectivity index (χ2v) is 11.2. The highest BCUT2D eigenvalue weighted by molar-refractivity contribution is 7.98. The molecule has 0 fully saturated rings. The summed E-state index contributed by atoms with van der Waals surface area (Å²) >= 11 is 7.56. The van der Waals surface area contributed by atoms with Crippen molar-refractivity contribution >= 4 is 44.3 Å². The van der Waals surface area contributed by atoms with E-state index in [9.17, 15) is 8.42 Å². The minimum Gasteiger partial charge on any atom is -0.383 e. The number of fused-ring (bicyclic) bond motifs is 1. The van der Waals surface area contributed by atoms with E-state index in [1.54, 1.807) is 61.5 Å². The molecule has 0 N–H and O–H groups in total. The van der Waals surface area contributed by atoms with Crippen LogP contribution >= 0.6 is 23.4 Å². The van der Waals surface area contributed by atoms with E-state index in [4.69, 9.17) is 16.3 Å². The monoisotopic (exact) mass is 538 g/mol. The SMILES string of the molecule is COCCn1c(SCc2ccc(Cl)cc2)nnc1-c1cn(S(=O)(=O)c2ccccc2)c2ccccc12. The van der Waals surface area contributed by atoms with Crippen LogP contribution in [0.3, 0.4) is 0 Å². The highest BCUT2D eigenvalue weighted by Crippen LogP contribution is 2.34. The Morgan fingerprint density at radius 2 is 1.67 bits per heavy atom. The highest BCUT2D eigenvalue weighted by atomic mass is 35.5. The Balaban J connectivity index is 1.59. The highest BCUT2D eigenvalue weighted by Gasteiger charge is 2.24. The van der Waals surface area contributed by atoms with Crippen molar-refractivity contribution in [3.05, 3.63) is 95.6 Å². The molecule has 3 aromatic carbocycles. The quantitative estimate of drug-likeness (QED) is 0.223. The van der Waals surface area contributed by atoms with E-state index in [0.717, 1.165) is 16.1 Å². The van der Waals surface area contributed by atoms with Gasteiger partial charge in [0.05, 0.1) is 23.6 Å². The van der Waals surface area contributed by atoms with Crippen molar-refractivity contribution in [2.24, 2.45) is 0 Å². The molecule has 0 radical (unpaired) electrons. The molecule has 0 aliphatic heterocycles. The molecule has 0 aliphatic rings. The maximum absolute atomic E-state index is 13.5. The summed E-state index contributed by atoms with van der Waals surface area (Å²) in [6.07, 6.45) is 1.63. The van der Waals surface area contributed by atoms with Gasteiger partial charge in [-0.1, -0.05) is 71.9 Å². The lowest BCUT2D eigenvalue weighted by molar-refractivity contribution is 0.185. The third-order valence-corrected chi connectivity index (χ3v) is 8.71. The van der Waals surface area contributed by atoms with Gasteiger partial charge in [-0.2, -0.15) is 0 Å². The average Bonchev–Trinajstić information content (AvgIpc) is 3.49. The summed E-state index contributed by atoms with van der Waals surface area (Å²) in [4.78, 5) is 0.220. The number of ether oxygens (including phenoxy) is 1. The minimum atomic E-state index is -3.81. The molecule has 2 aromatic heterocycles. The first-order valence-corrected chi connectivity index (χ1v) is 14.0. The predicted octanol–water partition coefficient (Wildman–Crippen LogP) is 5.73. The van der Waals surface area contributed by atoms with E-state index >= 15 is 0 Å². The van der Waals surface area contributed by atoms with Crippen LogP contribution in [0.4, 0.5) is 0 Å². The molecule has 0 amide bonds. The Hall–Kier alpha value is -3.11. The van der Waals surface area contributed by atoms with Gasteiger partial charge in [0.1, 0.15) is 0 Å². The van der Waals surface area contributed by atoms with Gasteiger partial charge in [-0.15, -0.1) is 10.2 Å². The third-order valence-electron chi connectivity index (χ3n) is 5.74. The molecule has 0 aliphatic carbocycles. The zero-order valence-electron chi connectivity index (χ0n) is 19.4. The van der Waals surface area contributed by atoms with Crippen molar-refractivity contribution in [1.82, 2.24) is 18.7 Å². The molecule has 5 aromatic rings. The fourth-order valence-corrected chi connectivity index (χ4v) is 6.38. The summed E-state index contributed by atoms with van der Waals surface area (Å²) < 4.78 is 35.7. The molecule has 0 saturated heterocycles. The van der Waals surface area contributed by atoms with Crippen molar-refractivity contribution in [3.63, 3.8) is 0 Å². The van der Waals surface area contributed by atoms with Gasteiger partial charge >= 0.3 is 0 Å². The maximum atomic E-state index is 13.5. The first kappa shape index (κ1) is 24.6. The largest absolute Gasteiger partial charge is 0.383 e. The summed E-state index contributed by atoms with van der Waals surface area (Å²) in [6, 6.07) is 23.5. The van der Waals surface area contributed by atoms with E-state index in [1.807, 2.05) is 47.0 Å². The molecule has 7 nitrogen and oxygen atoms in total. The summed E-state index contributed by atoms with van der Waals surface area (Å²) in [5, 5.41) is 11.1. The van der Waals surface area contributed by atoms with E-state index in [-0.39, 0.29) is 4.90 Å². The molecule has 184 valence electrons. The number of hydrogen-bond acceptors (Lipinski definition) is 6. The van der Waals surface area contributed by atoms with Crippen LogP contribution in [0.2, 0.25) is 5.02 Å². The van der Waals surface area contributed by atoms with Crippen molar-refractivity contribution in [1.29, 1.82) is 0 Å². The van der Waals surface area contributed by atoms with Crippen molar-refractivity contribution < 1.29 is 13.2 Å². The first-order valence-electron chi connectivity index (χ1n) is 11.2. The van der Waals surface area contributed by atoms with Crippen LogP contribution in [0.5, 0.6) is 0 Å². The number of thioether (sulfide) groups is 1. The minimum absolute atomic E-state index is 0.220. The van der Waals surface area contributed by atoms with E-state index in [0.29, 0.717) is 40.8 Å². The molecule has 36 heavy (non-hydrogen) atoms. The molecule has 0 spiro atoms. The number of hydrogen-bond donors (Lipinski definition) is 0. The number of methoxy groups -OCH3 is 1. The smallest absolute Gasteiger partial charge is 0.268 e. The number of benzene rings is 3. The lowest BCUT2D eigenvalue weighted by atomic mass is 10.1. The maximum Gasteiger partial charge on any atom is 0.268 e. The topological polar surface area (TPSA) is 79.0 Å². The molecule has 10 heteroatoms. The zero-order valence-corrected chi connectivity index (χ0v) is 21.8. The van der Waals surface area contributed by atoms with E-state index in [1.165, 1.54) is 3.97 Å². The van der Waals surface area contributed by atoms with Crippen molar-refractivity contribution in [2.45, 2.75) is 22.3 Å². The van der Waals surface area contributed by atoms with Gasteiger partial charge in [-0.25, -0.2) is 12.4 Å². The van der Waals surface area contributed by atoms with Gasteiger partial charge in [0, 0.05) is 35.0 Å². The average molecular weight is 539 g/mol. The zero-order chi connectivity index (χ0) is 25.1. The van der Waals surface area contributed by atoms with Crippen molar-refractivity contribution in [3.8, 4) is 11.4 Å². The summed E-state index contributed by atoms with van der Waals surface area (Å²) in [6.45, 7) is 0.979. The number of para-hydroxylation sites is 1. The van der Waals surface area contributed by atoms with Crippen molar-refractivity contribution in [2.75, 3.05) is 13.7 Å². The van der Waals surface area contributed by atoms with Gasteiger partial charge in [0.2, 0.25) is 0 Å². The number of rotatable bonds is 9. The molecule has 0 atom stereocenters. The van der Waals surface area contributed by atoms with Crippen LogP contribution < -0.4 is 0 Å². The summed E-state index contributed by atoms with van der Waals surface area (Å²) in [5.41, 5.74) is 2.37. The van der Waals surface area contributed by atoms with Gasteiger partial charge in [-0.3, -0.25) is 4.57 Å². The molecule has 5 rings (SSSR count). The van der Waals surface area contributed by atoms with E-state index < -0.39 is 10.0 Å². The molecule has 2 heterocycles. The van der Waals surface area contributed by atoms with Gasteiger partial charge in [0.25, 0.3) is 10.0 Å². The Morgan fingerprint density at radius 1 is 0.944 bits per heavy atom. The standard InChI is InChI=1S/C26H23ClN4O3S2/c1-34-16-15-30-25(28-29-26(30)35-18-19-11-13-20(27)14-12-19)23-17-31(24-10-6-5-9-22(23)24)36(32,33)21-7-3-2-4-8-21/h2-14,17H,15-16,18H2,1H3. The first-order chi connectivity index (χ1) is 17.5. The number of aromatic nitrogens is 4. The summed E-state index contributed by atoms with van der Waals surface area (Å²) in [5.74, 6) is 1.27. The molecular weight excluding hydrogens is 516 g/mol.